The third-order valence-corrected chi connectivity index (χ3v) is 4.31. The predicted molar refractivity (Wildman–Crippen MR) is 125 cm³/mol. The van der Waals surface area contributed by atoms with Gasteiger partial charge in [0.15, 0.2) is 0 Å². The van der Waals surface area contributed by atoms with Gasteiger partial charge in [0.2, 0.25) is 0 Å². The van der Waals surface area contributed by atoms with Gasteiger partial charge in [-0.3, -0.25) is 20.2 Å². The summed E-state index contributed by atoms with van der Waals surface area (Å²) >= 11 is 0. The molecular formula is C20H24N2Na4O6. The van der Waals surface area contributed by atoms with E-state index in [1.165, 1.54) is 24.3 Å². The summed E-state index contributed by atoms with van der Waals surface area (Å²) in [7, 11) is 0. The number of nitrogens with one attached hydrogen (secondary N) is 2. The molecule has 2 aromatic carbocycles. The Balaban J connectivity index is -0.00000210. The average Bonchev–Trinajstić information content (AvgIpc) is 2.59. The van der Waals surface area contributed by atoms with Crippen LogP contribution in [0.4, 0.5) is 0 Å². The van der Waals surface area contributed by atoms with Crippen molar-refractivity contribution in [3.05, 3.63) is 58.7 Å². The van der Waals surface area contributed by atoms with Crippen molar-refractivity contribution in [1.29, 1.82) is 0 Å². The van der Waals surface area contributed by atoms with Gasteiger partial charge in [-0.15, -0.1) is 0 Å². The van der Waals surface area contributed by atoms with E-state index in [1.54, 1.807) is 26.0 Å². The molecule has 0 aromatic heterocycles. The fourth-order valence-electron chi connectivity index (χ4n) is 2.89. The van der Waals surface area contributed by atoms with Crippen LogP contribution in [0.25, 0.3) is 0 Å². The van der Waals surface area contributed by atoms with E-state index >= 15 is 0 Å². The predicted octanol–water partition coefficient (Wildman–Crippen LogP) is 0.322. The van der Waals surface area contributed by atoms with Crippen molar-refractivity contribution >= 4 is 130 Å². The zero-order chi connectivity index (χ0) is 20.8. The zero-order valence-electron chi connectivity index (χ0n) is 19.6. The van der Waals surface area contributed by atoms with Gasteiger partial charge in [-0.05, 0) is 37.1 Å². The van der Waals surface area contributed by atoms with Gasteiger partial charge in [-0.2, -0.15) is 0 Å². The molecule has 0 aliphatic carbocycles. The van der Waals surface area contributed by atoms with Crippen molar-refractivity contribution in [1.82, 2.24) is 10.6 Å². The monoisotopic (exact) mass is 480 g/mol. The molecule has 0 bridgehead atoms. The maximum atomic E-state index is 11.6. The largest absolute Gasteiger partial charge is 0.508 e. The summed E-state index contributed by atoms with van der Waals surface area (Å²) in [4.78, 5) is 23.1. The van der Waals surface area contributed by atoms with E-state index in [9.17, 15) is 30.0 Å². The molecule has 2 rings (SSSR count). The molecule has 12 heteroatoms. The Kier molecular flexibility index (Phi) is 21.3. The van der Waals surface area contributed by atoms with Crippen LogP contribution in [0.15, 0.2) is 36.4 Å². The maximum absolute atomic E-state index is 11.6. The number of carboxylic acids is 2. The fraction of sp³-hybridized carbons (Fsp3) is 0.300. The van der Waals surface area contributed by atoms with E-state index in [0.717, 1.165) is 11.1 Å². The standard InChI is InChI=1S/C20H24N2O6.4Na/c1-11-3-5-13(15(23)9-11)17(19(25)26)21-7-8-22-18(20(27)28)14-6-4-12(2)10-16(14)24;;;;/h3-6,9-10,17-18,21-24H,7-8H2,1-2H3,(H,25,26)(H,27,28);;;;. The Morgan fingerprint density at radius 2 is 1.03 bits per heavy atom. The number of rotatable bonds is 9. The van der Waals surface area contributed by atoms with E-state index < -0.39 is 24.0 Å². The summed E-state index contributed by atoms with van der Waals surface area (Å²) in [5.41, 5.74) is 2.05. The minimum atomic E-state index is -1.16. The molecule has 0 fully saturated rings. The molecule has 0 amide bonds. The van der Waals surface area contributed by atoms with E-state index in [1.807, 2.05) is 0 Å². The van der Waals surface area contributed by atoms with Crippen molar-refractivity contribution in [3.63, 3.8) is 0 Å². The fourth-order valence-corrected chi connectivity index (χ4v) is 2.89. The number of phenols is 2. The second-order valence-electron chi connectivity index (χ2n) is 6.58. The minimum absolute atomic E-state index is 0. The number of hydrogen-bond donors (Lipinski definition) is 6. The van der Waals surface area contributed by atoms with Crippen molar-refractivity contribution in [2.75, 3.05) is 13.1 Å². The molecule has 6 N–H and O–H groups in total. The number of aromatic hydroxyl groups is 2. The summed E-state index contributed by atoms with van der Waals surface area (Å²) in [6.45, 7) is 3.81. The number of hydrogen-bond acceptors (Lipinski definition) is 6. The third-order valence-electron chi connectivity index (χ3n) is 4.31. The number of carbonyl (C=O) groups is 2. The van der Waals surface area contributed by atoms with Gasteiger partial charge in [-0.25, -0.2) is 0 Å². The molecule has 2 atom stereocenters. The topological polar surface area (TPSA) is 139 Å². The number of aliphatic carboxylic acids is 2. The summed E-state index contributed by atoms with van der Waals surface area (Å²) in [6, 6.07) is 7.15. The van der Waals surface area contributed by atoms with Gasteiger partial charge in [-0.1, -0.05) is 24.3 Å². The molecule has 2 aromatic rings. The first-order valence-electron chi connectivity index (χ1n) is 8.72. The van der Waals surface area contributed by atoms with Crippen LogP contribution in [-0.2, 0) is 9.59 Å². The second kappa shape index (κ2) is 18.2. The zero-order valence-corrected chi connectivity index (χ0v) is 27.6. The van der Waals surface area contributed by atoms with Gasteiger partial charge in [0.1, 0.15) is 23.6 Å². The maximum Gasteiger partial charge on any atom is 0.325 e. The van der Waals surface area contributed by atoms with E-state index in [0.29, 0.717) is 0 Å². The summed E-state index contributed by atoms with van der Waals surface area (Å²) in [5.74, 6) is -2.57. The summed E-state index contributed by atoms with van der Waals surface area (Å²) < 4.78 is 0. The smallest absolute Gasteiger partial charge is 0.325 e. The number of benzene rings is 2. The van der Waals surface area contributed by atoms with Crippen molar-refractivity contribution in [2.45, 2.75) is 25.9 Å². The van der Waals surface area contributed by atoms with Crippen molar-refractivity contribution < 1.29 is 30.0 Å². The summed E-state index contributed by atoms with van der Waals surface area (Å²) in [5, 5.41) is 44.5. The van der Waals surface area contributed by atoms with Crippen molar-refractivity contribution in [2.24, 2.45) is 0 Å². The third kappa shape index (κ3) is 11.1. The van der Waals surface area contributed by atoms with Gasteiger partial charge in [0, 0.05) is 142 Å². The molecule has 32 heavy (non-hydrogen) atoms. The Labute approximate surface area is 276 Å². The number of phenolic OH excluding ortho intramolecular Hbond substituents is 2. The molecule has 0 aliphatic heterocycles. The van der Waals surface area contributed by atoms with Crippen LogP contribution in [0, 0.1) is 13.8 Å². The average molecular weight is 480 g/mol. The number of carboxylic acid groups (broad SMARTS) is 2. The van der Waals surface area contributed by atoms with Crippen LogP contribution in [-0.4, -0.2) is 164 Å². The molecule has 0 spiro atoms. The number of aryl methyl sites for hydroxylation is 2. The Bertz CT molecular complexity index is 814. The summed E-state index contributed by atoms with van der Waals surface area (Å²) in [6.07, 6.45) is 0. The van der Waals surface area contributed by atoms with Crippen LogP contribution in [0.5, 0.6) is 11.5 Å². The van der Waals surface area contributed by atoms with Gasteiger partial charge < -0.3 is 20.4 Å². The molecule has 0 saturated heterocycles. The normalized spacial score (nSPS) is 11.4. The van der Waals surface area contributed by atoms with E-state index in [2.05, 4.69) is 10.6 Å². The first-order chi connectivity index (χ1) is 13.2. The molecule has 154 valence electrons. The van der Waals surface area contributed by atoms with Crippen LogP contribution in [0.2, 0.25) is 0 Å². The molecule has 0 saturated carbocycles. The van der Waals surface area contributed by atoms with Crippen LogP contribution in [0.3, 0.4) is 0 Å². The molecule has 4 radical (unpaired) electrons. The van der Waals surface area contributed by atoms with Crippen LogP contribution >= 0.6 is 0 Å². The Morgan fingerprint density at radius 1 is 0.719 bits per heavy atom. The van der Waals surface area contributed by atoms with Gasteiger partial charge >= 0.3 is 11.9 Å². The van der Waals surface area contributed by atoms with E-state index in [4.69, 9.17) is 0 Å². The first-order valence-corrected chi connectivity index (χ1v) is 8.72. The van der Waals surface area contributed by atoms with Crippen LogP contribution < -0.4 is 10.6 Å². The van der Waals surface area contributed by atoms with E-state index in [-0.39, 0.29) is 154 Å². The second-order valence-corrected chi connectivity index (χ2v) is 6.58. The van der Waals surface area contributed by atoms with Crippen molar-refractivity contribution in [3.8, 4) is 11.5 Å². The minimum Gasteiger partial charge on any atom is -0.508 e. The Morgan fingerprint density at radius 3 is 1.28 bits per heavy atom. The molecular weight excluding hydrogens is 456 g/mol. The quantitative estimate of drug-likeness (QED) is 0.223. The Hall–Kier alpha value is 0.900. The van der Waals surface area contributed by atoms with Gasteiger partial charge in [0.05, 0.1) is 0 Å². The molecule has 0 heterocycles. The van der Waals surface area contributed by atoms with Crippen LogP contribution in [0.1, 0.15) is 34.3 Å². The van der Waals surface area contributed by atoms with Gasteiger partial charge in [0.25, 0.3) is 0 Å². The molecule has 8 nitrogen and oxygen atoms in total. The molecule has 2 unspecified atom stereocenters. The first kappa shape index (κ1) is 37.4. The SMILES string of the molecule is Cc1ccc(C(NCCNC(C(=O)O)c2ccc(C)cc2O)C(=O)O)c(O)c1.[Na].[Na].[Na].[Na]. The molecule has 0 aliphatic rings.